The Kier molecular flexibility index (Phi) is 4.70. The summed E-state index contributed by atoms with van der Waals surface area (Å²) in [7, 11) is 0. The molecule has 1 aromatic rings. The van der Waals surface area contributed by atoms with Crippen molar-refractivity contribution in [1.29, 1.82) is 0 Å². The number of carboxylic acid groups (broad SMARTS) is 1. The highest BCUT2D eigenvalue weighted by atomic mass is 32.1. The van der Waals surface area contributed by atoms with E-state index in [-0.39, 0.29) is 6.61 Å². The highest BCUT2D eigenvalue weighted by molar-refractivity contribution is 7.13. The number of hydrogen-bond acceptors (Lipinski definition) is 7. The van der Waals surface area contributed by atoms with Gasteiger partial charge in [0.25, 0.3) is 0 Å². The summed E-state index contributed by atoms with van der Waals surface area (Å²) in [5, 5.41) is 20.2. The summed E-state index contributed by atoms with van der Waals surface area (Å²) in [4.78, 5) is 19.4. The molecule has 0 spiro atoms. The van der Waals surface area contributed by atoms with Crippen molar-refractivity contribution in [2.45, 2.75) is 6.04 Å². The number of carbonyl (C=O) groups is 1. The first kappa shape index (κ1) is 14.2. The van der Waals surface area contributed by atoms with Crippen LogP contribution in [0, 0.1) is 0 Å². The molecule has 1 aliphatic heterocycles. The summed E-state index contributed by atoms with van der Waals surface area (Å²) in [5.41, 5.74) is 5.94. The lowest BCUT2D eigenvalue weighted by Crippen LogP contribution is -2.47. The number of anilines is 1. The molecule has 1 aromatic heterocycles. The first-order valence-electron chi connectivity index (χ1n) is 6.14. The summed E-state index contributed by atoms with van der Waals surface area (Å²) in [5.74, 6) is -1.07. The van der Waals surface area contributed by atoms with E-state index in [2.05, 4.69) is 14.8 Å². The molecule has 0 amide bonds. The van der Waals surface area contributed by atoms with Crippen LogP contribution >= 0.6 is 11.3 Å². The van der Waals surface area contributed by atoms with Crippen LogP contribution in [0.15, 0.2) is 5.38 Å². The van der Waals surface area contributed by atoms with Gasteiger partial charge >= 0.3 is 5.97 Å². The van der Waals surface area contributed by atoms with E-state index in [0.29, 0.717) is 12.2 Å². The van der Waals surface area contributed by atoms with Crippen molar-refractivity contribution < 1.29 is 15.0 Å². The maximum Gasteiger partial charge on any atom is 0.326 e. The molecule has 0 aromatic carbocycles. The number of hydrogen-bond donors (Lipinski definition) is 3. The van der Waals surface area contributed by atoms with E-state index in [4.69, 9.17) is 15.9 Å². The Hall–Kier alpha value is -1.22. The molecule has 4 N–H and O–H groups in total. The molecule has 19 heavy (non-hydrogen) atoms. The Morgan fingerprint density at radius 1 is 1.47 bits per heavy atom. The van der Waals surface area contributed by atoms with Gasteiger partial charge in [0.1, 0.15) is 6.04 Å². The summed E-state index contributed by atoms with van der Waals surface area (Å²) in [6.07, 6.45) is 0. The SMILES string of the molecule is NC(C(=O)O)c1csc(N2CCN(CCO)CC2)n1. The number of thiazole rings is 1. The van der Waals surface area contributed by atoms with Crippen molar-refractivity contribution >= 4 is 22.4 Å². The summed E-state index contributed by atoms with van der Waals surface area (Å²) in [6, 6.07) is -1.05. The largest absolute Gasteiger partial charge is 0.480 e. The Balaban J connectivity index is 1.95. The number of carboxylic acids is 1. The average Bonchev–Trinajstić information content (AvgIpc) is 2.88. The van der Waals surface area contributed by atoms with E-state index in [9.17, 15) is 4.79 Å². The van der Waals surface area contributed by atoms with Crippen LogP contribution in [-0.2, 0) is 4.79 Å². The predicted octanol–water partition coefficient (Wildman–Crippen LogP) is -0.658. The quantitative estimate of drug-likeness (QED) is 0.660. The topological polar surface area (TPSA) is 103 Å². The Bertz CT molecular complexity index is 431. The molecule has 1 unspecified atom stereocenters. The van der Waals surface area contributed by atoms with E-state index in [1.807, 2.05) is 0 Å². The third-order valence-corrected chi connectivity index (χ3v) is 4.07. The highest BCUT2D eigenvalue weighted by Gasteiger charge is 2.22. The number of nitrogens with zero attached hydrogens (tertiary/aromatic N) is 3. The number of piperazine rings is 1. The van der Waals surface area contributed by atoms with Gasteiger partial charge in [-0.05, 0) is 0 Å². The van der Waals surface area contributed by atoms with Crippen LogP contribution in [0.5, 0.6) is 0 Å². The molecule has 2 rings (SSSR count). The Morgan fingerprint density at radius 3 is 2.74 bits per heavy atom. The third-order valence-electron chi connectivity index (χ3n) is 3.15. The van der Waals surface area contributed by atoms with Crippen molar-refractivity contribution in [3.05, 3.63) is 11.1 Å². The normalized spacial score (nSPS) is 18.5. The lowest BCUT2D eigenvalue weighted by molar-refractivity contribution is -0.138. The van der Waals surface area contributed by atoms with Gasteiger partial charge in [-0.1, -0.05) is 0 Å². The molecule has 1 aliphatic rings. The first-order valence-corrected chi connectivity index (χ1v) is 7.01. The van der Waals surface area contributed by atoms with Crippen LogP contribution in [0.1, 0.15) is 11.7 Å². The number of aliphatic hydroxyl groups is 1. The van der Waals surface area contributed by atoms with Gasteiger partial charge in [-0.15, -0.1) is 11.3 Å². The standard InChI is InChI=1S/C11H18N4O3S/c12-9(10(17)18)8-7-19-11(13-8)15-3-1-14(2-4-15)5-6-16/h7,9,16H,1-6,12H2,(H,17,18). The average molecular weight is 286 g/mol. The van der Waals surface area contributed by atoms with Gasteiger partial charge in [-0.25, -0.2) is 4.98 Å². The Morgan fingerprint density at radius 2 is 2.16 bits per heavy atom. The minimum atomic E-state index is -1.07. The second kappa shape index (κ2) is 6.29. The highest BCUT2D eigenvalue weighted by Crippen LogP contribution is 2.24. The van der Waals surface area contributed by atoms with Gasteiger partial charge in [0, 0.05) is 38.1 Å². The zero-order valence-corrected chi connectivity index (χ0v) is 11.3. The van der Waals surface area contributed by atoms with Crippen LogP contribution in [0.25, 0.3) is 0 Å². The van der Waals surface area contributed by atoms with Gasteiger partial charge in [0.15, 0.2) is 5.13 Å². The van der Waals surface area contributed by atoms with Crippen molar-refractivity contribution in [3.8, 4) is 0 Å². The fraction of sp³-hybridized carbons (Fsp3) is 0.636. The lowest BCUT2D eigenvalue weighted by atomic mass is 10.2. The van der Waals surface area contributed by atoms with Crippen LogP contribution < -0.4 is 10.6 Å². The van der Waals surface area contributed by atoms with Gasteiger partial charge in [-0.3, -0.25) is 9.69 Å². The fourth-order valence-corrected chi connectivity index (χ4v) is 2.91. The fourth-order valence-electron chi connectivity index (χ4n) is 2.00. The molecule has 7 nitrogen and oxygen atoms in total. The maximum atomic E-state index is 10.8. The number of aromatic nitrogens is 1. The van der Waals surface area contributed by atoms with Gasteiger partial charge in [0.2, 0.25) is 0 Å². The smallest absolute Gasteiger partial charge is 0.326 e. The summed E-state index contributed by atoms with van der Waals surface area (Å²) in [6.45, 7) is 4.28. The molecular weight excluding hydrogens is 268 g/mol. The molecule has 1 saturated heterocycles. The predicted molar refractivity (Wildman–Crippen MR) is 72.4 cm³/mol. The van der Waals surface area contributed by atoms with Crippen molar-refractivity contribution in [1.82, 2.24) is 9.88 Å². The van der Waals surface area contributed by atoms with E-state index in [0.717, 1.165) is 31.3 Å². The minimum absolute atomic E-state index is 0.175. The summed E-state index contributed by atoms with van der Waals surface area (Å²) >= 11 is 1.42. The molecule has 8 heteroatoms. The lowest BCUT2D eigenvalue weighted by Gasteiger charge is -2.34. The van der Waals surface area contributed by atoms with E-state index >= 15 is 0 Å². The van der Waals surface area contributed by atoms with Crippen LogP contribution in [0.3, 0.4) is 0 Å². The summed E-state index contributed by atoms with van der Waals surface area (Å²) < 4.78 is 0. The number of aliphatic hydroxyl groups excluding tert-OH is 1. The van der Waals surface area contributed by atoms with Crippen molar-refractivity contribution in [2.75, 3.05) is 44.2 Å². The number of aliphatic carboxylic acids is 1. The number of nitrogens with two attached hydrogens (primary N) is 1. The van der Waals surface area contributed by atoms with Gasteiger partial charge in [0.05, 0.1) is 12.3 Å². The minimum Gasteiger partial charge on any atom is -0.480 e. The van der Waals surface area contributed by atoms with Crippen molar-refractivity contribution in [2.24, 2.45) is 5.73 Å². The van der Waals surface area contributed by atoms with Crippen LogP contribution in [-0.4, -0.2) is 65.4 Å². The zero-order chi connectivity index (χ0) is 13.8. The molecule has 0 bridgehead atoms. The van der Waals surface area contributed by atoms with E-state index < -0.39 is 12.0 Å². The van der Waals surface area contributed by atoms with E-state index in [1.54, 1.807) is 5.38 Å². The second-order valence-corrected chi connectivity index (χ2v) is 5.26. The van der Waals surface area contributed by atoms with Gasteiger partial charge in [-0.2, -0.15) is 0 Å². The van der Waals surface area contributed by atoms with Crippen LogP contribution in [0.4, 0.5) is 5.13 Å². The van der Waals surface area contributed by atoms with E-state index in [1.165, 1.54) is 11.3 Å². The molecule has 2 heterocycles. The number of rotatable bonds is 5. The monoisotopic (exact) mass is 286 g/mol. The molecule has 0 saturated carbocycles. The first-order chi connectivity index (χ1) is 9.11. The van der Waals surface area contributed by atoms with Crippen LogP contribution in [0.2, 0.25) is 0 Å². The third kappa shape index (κ3) is 3.41. The van der Waals surface area contributed by atoms with Gasteiger partial charge < -0.3 is 20.8 Å². The second-order valence-electron chi connectivity index (χ2n) is 4.42. The molecule has 1 fully saturated rings. The van der Waals surface area contributed by atoms with Crippen molar-refractivity contribution in [3.63, 3.8) is 0 Å². The molecule has 1 atom stereocenters. The molecule has 106 valence electrons. The number of β-amino-alcohol motifs (C(OH)–C–C–N with tert-alkyl or cyclic N) is 1. The molecule has 0 aliphatic carbocycles. The molecular formula is C11H18N4O3S. The zero-order valence-electron chi connectivity index (χ0n) is 10.5. The molecule has 0 radical (unpaired) electrons. The maximum absolute atomic E-state index is 10.8. The Labute approximate surface area is 115 Å².